The number of hydrogen-bond acceptors (Lipinski definition) is 7. The maximum atomic E-state index is 5.60. The maximum Gasteiger partial charge on any atom is 0.255 e. The van der Waals surface area contributed by atoms with E-state index in [0.29, 0.717) is 18.1 Å². The van der Waals surface area contributed by atoms with Crippen LogP contribution < -0.4 is 5.32 Å². The lowest BCUT2D eigenvalue weighted by Gasteiger charge is -2.04. The first-order valence-electron chi connectivity index (χ1n) is 9.60. The molecule has 27 heavy (non-hydrogen) atoms. The van der Waals surface area contributed by atoms with E-state index in [9.17, 15) is 0 Å². The minimum Gasteiger partial charge on any atom is -0.368 e. The molecule has 5 rings (SSSR count). The lowest BCUT2D eigenvalue weighted by atomic mass is 10.2. The second kappa shape index (κ2) is 7.24. The van der Waals surface area contributed by atoms with Gasteiger partial charge in [-0.15, -0.1) is 0 Å². The Bertz CT molecular complexity index is 883. The molecule has 0 aromatic carbocycles. The molecule has 2 aliphatic rings. The van der Waals surface area contributed by atoms with E-state index in [0.717, 1.165) is 63.6 Å². The van der Waals surface area contributed by atoms with Crippen molar-refractivity contribution >= 4 is 0 Å². The van der Waals surface area contributed by atoms with Gasteiger partial charge in [0.15, 0.2) is 11.6 Å². The van der Waals surface area contributed by atoms with E-state index in [1.165, 1.54) is 5.69 Å². The van der Waals surface area contributed by atoms with E-state index in [2.05, 4.69) is 35.8 Å². The van der Waals surface area contributed by atoms with E-state index in [1.807, 2.05) is 12.4 Å². The van der Waals surface area contributed by atoms with E-state index >= 15 is 0 Å². The molecule has 1 fully saturated rings. The average molecular weight is 369 g/mol. The maximum absolute atomic E-state index is 5.60. The molecule has 3 aromatic heterocycles. The topological polar surface area (TPSA) is 95.8 Å². The van der Waals surface area contributed by atoms with Crippen LogP contribution in [-0.4, -0.2) is 42.6 Å². The molecule has 1 unspecified atom stereocenters. The van der Waals surface area contributed by atoms with E-state index in [1.54, 1.807) is 0 Å². The van der Waals surface area contributed by atoms with Crippen molar-refractivity contribution < 1.29 is 9.26 Å². The van der Waals surface area contributed by atoms with Crippen molar-refractivity contribution in [2.75, 3.05) is 13.2 Å². The van der Waals surface area contributed by atoms with Crippen molar-refractivity contribution in [3.8, 4) is 11.5 Å². The van der Waals surface area contributed by atoms with Gasteiger partial charge in [0.2, 0.25) is 0 Å². The molecule has 3 aromatic rings. The smallest absolute Gasteiger partial charge is 0.255 e. The quantitative estimate of drug-likeness (QED) is 0.731. The van der Waals surface area contributed by atoms with Crippen LogP contribution in [0, 0.1) is 0 Å². The number of imidazole rings is 1. The second-order valence-electron chi connectivity index (χ2n) is 7.02. The van der Waals surface area contributed by atoms with Crippen LogP contribution >= 0.6 is 0 Å². The number of ether oxygens (including phenoxy) is 1. The third-order valence-corrected chi connectivity index (χ3v) is 5.10. The molecule has 0 spiro atoms. The fourth-order valence-electron chi connectivity index (χ4n) is 3.69. The molecule has 9 heteroatoms. The Morgan fingerprint density at radius 2 is 2.30 bits per heavy atom. The van der Waals surface area contributed by atoms with Gasteiger partial charge < -0.3 is 19.1 Å². The Labute approximate surface area is 156 Å². The van der Waals surface area contributed by atoms with Gasteiger partial charge in [-0.2, -0.15) is 10.1 Å². The predicted octanol–water partition coefficient (Wildman–Crippen LogP) is 1.72. The molecule has 5 heterocycles. The summed E-state index contributed by atoms with van der Waals surface area (Å²) in [6.45, 7) is 4.32. The van der Waals surface area contributed by atoms with Gasteiger partial charge in [0.1, 0.15) is 11.8 Å². The molecule has 1 N–H and O–H groups in total. The van der Waals surface area contributed by atoms with Crippen LogP contribution in [0.4, 0.5) is 0 Å². The Morgan fingerprint density at radius 3 is 3.22 bits per heavy atom. The van der Waals surface area contributed by atoms with Crippen LogP contribution in [0.3, 0.4) is 0 Å². The summed E-state index contributed by atoms with van der Waals surface area (Å²) >= 11 is 0. The first-order chi connectivity index (χ1) is 13.4. The van der Waals surface area contributed by atoms with Gasteiger partial charge in [0.25, 0.3) is 5.89 Å². The van der Waals surface area contributed by atoms with Crippen molar-refractivity contribution in [1.82, 2.24) is 34.8 Å². The summed E-state index contributed by atoms with van der Waals surface area (Å²) in [7, 11) is 0. The number of nitrogens with zero attached hydrogens (tertiary/aromatic N) is 6. The first-order valence-corrected chi connectivity index (χ1v) is 9.60. The van der Waals surface area contributed by atoms with Crippen molar-refractivity contribution in [2.45, 2.75) is 51.4 Å². The molecule has 0 bridgehead atoms. The van der Waals surface area contributed by atoms with E-state index in [4.69, 9.17) is 14.4 Å². The molecular weight excluding hydrogens is 346 g/mol. The number of hydrogen-bond donors (Lipinski definition) is 1. The Balaban J connectivity index is 1.29. The Hall–Kier alpha value is -2.52. The number of fused-ring (bicyclic) bond motifs is 1. The second-order valence-corrected chi connectivity index (χ2v) is 7.02. The van der Waals surface area contributed by atoms with Gasteiger partial charge in [-0.05, 0) is 31.9 Å². The summed E-state index contributed by atoms with van der Waals surface area (Å²) in [5.41, 5.74) is 2.11. The molecule has 1 saturated heterocycles. The highest BCUT2D eigenvalue weighted by Gasteiger charge is 2.24. The number of aromatic nitrogens is 6. The fourth-order valence-corrected chi connectivity index (χ4v) is 3.69. The van der Waals surface area contributed by atoms with Crippen LogP contribution in [0.15, 0.2) is 23.0 Å². The lowest BCUT2D eigenvalue weighted by Crippen LogP contribution is -2.11. The zero-order valence-corrected chi connectivity index (χ0v) is 15.2. The standard InChI is InChI=1S/C18H23N7O2/c1-3-15(26-10-1)18-21-16(23-27-18)4-8-24-9-6-20-17(24)14-11-13-12-19-5-2-7-25(13)22-14/h6,9,11,15,19H,1-5,7-8,10,12H2. The summed E-state index contributed by atoms with van der Waals surface area (Å²) < 4.78 is 15.1. The SMILES string of the molecule is c1cn(CCc2noc(C3CCCO3)n2)c(-c2cc3n(n2)CCCNC3)n1. The summed E-state index contributed by atoms with van der Waals surface area (Å²) in [5, 5.41) is 12.3. The molecule has 2 aliphatic heterocycles. The van der Waals surface area contributed by atoms with Gasteiger partial charge in [-0.25, -0.2) is 4.98 Å². The minimum absolute atomic E-state index is 0.0374. The molecule has 0 radical (unpaired) electrons. The van der Waals surface area contributed by atoms with Crippen LogP contribution in [-0.2, 0) is 30.8 Å². The van der Waals surface area contributed by atoms with Crippen molar-refractivity contribution in [3.05, 3.63) is 35.9 Å². The van der Waals surface area contributed by atoms with E-state index in [-0.39, 0.29) is 6.10 Å². The zero-order chi connectivity index (χ0) is 18.1. The summed E-state index contributed by atoms with van der Waals surface area (Å²) in [5.74, 6) is 2.17. The zero-order valence-electron chi connectivity index (χ0n) is 15.2. The summed E-state index contributed by atoms with van der Waals surface area (Å²) in [6, 6.07) is 2.13. The van der Waals surface area contributed by atoms with Crippen molar-refractivity contribution in [3.63, 3.8) is 0 Å². The molecule has 142 valence electrons. The highest BCUT2D eigenvalue weighted by atomic mass is 16.5. The molecule has 0 aliphatic carbocycles. The van der Waals surface area contributed by atoms with Crippen LogP contribution in [0.2, 0.25) is 0 Å². The highest BCUT2D eigenvalue weighted by Crippen LogP contribution is 2.27. The third kappa shape index (κ3) is 3.40. The van der Waals surface area contributed by atoms with Crippen LogP contribution in [0.1, 0.15) is 42.8 Å². The predicted molar refractivity (Wildman–Crippen MR) is 95.7 cm³/mol. The fraction of sp³-hybridized carbons (Fsp3) is 0.556. The van der Waals surface area contributed by atoms with Gasteiger partial charge in [0.05, 0.1) is 5.69 Å². The van der Waals surface area contributed by atoms with Gasteiger partial charge >= 0.3 is 0 Å². The summed E-state index contributed by atoms with van der Waals surface area (Å²) in [6.07, 6.45) is 7.51. The first kappa shape index (κ1) is 16.6. The van der Waals surface area contributed by atoms with Gasteiger partial charge in [0, 0.05) is 45.1 Å². The van der Waals surface area contributed by atoms with Gasteiger partial charge in [-0.3, -0.25) is 4.68 Å². The van der Waals surface area contributed by atoms with Crippen LogP contribution in [0.25, 0.3) is 11.5 Å². The normalized spacial score (nSPS) is 19.9. The monoisotopic (exact) mass is 369 g/mol. The Kier molecular flexibility index (Phi) is 4.46. The number of rotatable bonds is 5. The van der Waals surface area contributed by atoms with Crippen LogP contribution in [0.5, 0.6) is 0 Å². The molecule has 1 atom stereocenters. The van der Waals surface area contributed by atoms with Crippen molar-refractivity contribution in [1.29, 1.82) is 0 Å². The Morgan fingerprint density at radius 1 is 1.30 bits per heavy atom. The minimum atomic E-state index is -0.0374. The highest BCUT2D eigenvalue weighted by molar-refractivity contribution is 5.50. The molecular formula is C18H23N7O2. The molecule has 0 saturated carbocycles. The largest absolute Gasteiger partial charge is 0.368 e. The average Bonchev–Trinajstić information content (AvgIpc) is 3.46. The number of aryl methyl sites for hydroxylation is 3. The third-order valence-electron chi connectivity index (χ3n) is 5.10. The van der Waals surface area contributed by atoms with Gasteiger partial charge in [-0.1, -0.05) is 5.16 Å². The van der Waals surface area contributed by atoms with Crippen molar-refractivity contribution in [2.24, 2.45) is 0 Å². The molecule has 9 nitrogen and oxygen atoms in total. The lowest BCUT2D eigenvalue weighted by molar-refractivity contribution is 0.0835. The number of nitrogens with one attached hydrogen (secondary N) is 1. The van der Waals surface area contributed by atoms with E-state index < -0.39 is 0 Å². The summed E-state index contributed by atoms with van der Waals surface area (Å²) in [4.78, 5) is 9.01. The molecule has 0 amide bonds.